The van der Waals surface area contributed by atoms with Crippen molar-refractivity contribution in [2.45, 2.75) is 25.4 Å². The van der Waals surface area contributed by atoms with Gasteiger partial charge in [0.1, 0.15) is 5.82 Å². The van der Waals surface area contributed by atoms with Crippen molar-refractivity contribution in [3.8, 4) is 6.07 Å². The van der Waals surface area contributed by atoms with Gasteiger partial charge in [-0.3, -0.25) is 9.59 Å². The molecule has 1 aromatic carbocycles. The van der Waals surface area contributed by atoms with Crippen molar-refractivity contribution in [1.82, 2.24) is 10.2 Å². The Kier molecular flexibility index (Phi) is 4.24. The van der Waals surface area contributed by atoms with Crippen molar-refractivity contribution in [2.24, 2.45) is 5.41 Å². The largest absolute Gasteiger partial charge is 0.392 e. The summed E-state index contributed by atoms with van der Waals surface area (Å²) in [5.74, 6) is -1.53. The first-order valence-electron chi connectivity index (χ1n) is 7.93. The van der Waals surface area contributed by atoms with Crippen LogP contribution in [-0.4, -0.2) is 47.6 Å². The van der Waals surface area contributed by atoms with Crippen molar-refractivity contribution in [1.29, 1.82) is 5.26 Å². The Bertz CT molecular complexity index is 730. The van der Waals surface area contributed by atoms with E-state index in [9.17, 15) is 19.1 Å². The molecule has 2 fully saturated rings. The minimum absolute atomic E-state index is 0.0677. The number of nitrogens with one attached hydrogen (secondary N) is 1. The summed E-state index contributed by atoms with van der Waals surface area (Å²) in [5.41, 5.74) is -1.01. The summed E-state index contributed by atoms with van der Waals surface area (Å²) in [7, 11) is 0. The number of aliphatic hydroxyl groups is 1. The molecule has 2 aliphatic rings. The van der Waals surface area contributed by atoms with Crippen molar-refractivity contribution >= 4 is 11.8 Å². The van der Waals surface area contributed by atoms with Gasteiger partial charge in [-0.2, -0.15) is 5.26 Å². The maximum absolute atomic E-state index is 14.1. The van der Waals surface area contributed by atoms with Crippen LogP contribution in [-0.2, 0) is 4.79 Å². The van der Waals surface area contributed by atoms with E-state index in [4.69, 9.17) is 5.26 Å². The first-order valence-corrected chi connectivity index (χ1v) is 7.93. The molecule has 0 saturated carbocycles. The minimum Gasteiger partial charge on any atom is -0.392 e. The Hall–Kier alpha value is -2.46. The monoisotopic (exact) mass is 331 g/mol. The number of hydrogen-bond acceptors (Lipinski definition) is 4. The number of piperidine rings is 2. The van der Waals surface area contributed by atoms with E-state index < -0.39 is 23.2 Å². The topological polar surface area (TPSA) is 93.4 Å². The molecule has 2 atom stereocenters. The van der Waals surface area contributed by atoms with Gasteiger partial charge >= 0.3 is 0 Å². The van der Waals surface area contributed by atoms with Gasteiger partial charge in [0.25, 0.3) is 5.91 Å². The summed E-state index contributed by atoms with van der Waals surface area (Å²) in [5, 5.41) is 21.9. The third-order valence-corrected chi connectivity index (χ3v) is 4.94. The third-order valence-electron chi connectivity index (χ3n) is 4.94. The number of amides is 2. The lowest BCUT2D eigenvalue weighted by atomic mass is 9.71. The lowest BCUT2D eigenvalue weighted by molar-refractivity contribution is -0.147. The molecule has 126 valence electrons. The molecule has 1 spiro atoms. The maximum Gasteiger partial charge on any atom is 0.256 e. The van der Waals surface area contributed by atoms with E-state index in [0.717, 1.165) is 12.5 Å². The fourth-order valence-corrected chi connectivity index (χ4v) is 3.55. The van der Waals surface area contributed by atoms with Crippen LogP contribution in [0.2, 0.25) is 0 Å². The Morgan fingerprint density at radius 2 is 2.29 bits per heavy atom. The van der Waals surface area contributed by atoms with E-state index in [1.165, 1.54) is 17.0 Å². The summed E-state index contributed by atoms with van der Waals surface area (Å²) in [6, 6.07) is 5.52. The van der Waals surface area contributed by atoms with Crippen molar-refractivity contribution < 1.29 is 19.1 Å². The smallest absolute Gasteiger partial charge is 0.256 e. The van der Waals surface area contributed by atoms with E-state index in [1.54, 1.807) is 0 Å². The predicted molar refractivity (Wildman–Crippen MR) is 82.3 cm³/mol. The highest BCUT2D eigenvalue weighted by molar-refractivity contribution is 5.95. The number of aliphatic hydroxyl groups excluding tert-OH is 1. The highest BCUT2D eigenvalue weighted by atomic mass is 19.1. The second-order valence-electron chi connectivity index (χ2n) is 6.35. The van der Waals surface area contributed by atoms with E-state index in [0.29, 0.717) is 13.0 Å². The SMILES string of the molecule is N#Cc1ccc(C(=O)N2CC[C@@H](O)[C@@]3(CCCNC3=O)C2)c(F)c1. The molecule has 2 amide bonds. The van der Waals surface area contributed by atoms with Gasteiger partial charge in [0.05, 0.1) is 28.7 Å². The number of likely N-dealkylation sites (tertiary alicyclic amines) is 1. The molecule has 6 nitrogen and oxygen atoms in total. The average Bonchev–Trinajstić information content (AvgIpc) is 2.59. The summed E-state index contributed by atoms with van der Waals surface area (Å²) in [6.45, 7) is 0.887. The summed E-state index contributed by atoms with van der Waals surface area (Å²) >= 11 is 0. The summed E-state index contributed by atoms with van der Waals surface area (Å²) in [6.07, 6.45) is 0.694. The molecular weight excluding hydrogens is 313 g/mol. The van der Waals surface area contributed by atoms with Gasteiger partial charge in [-0.25, -0.2) is 4.39 Å². The fraction of sp³-hybridized carbons (Fsp3) is 0.471. The number of carbonyl (C=O) groups excluding carboxylic acids is 2. The number of benzene rings is 1. The minimum atomic E-state index is -1.02. The summed E-state index contributed by atoms with van der Waals surface area (Å²) in [4.78, 5) is 26.4. The van der Waals surface area contributed by atoms with Crippen LogP contribution in [0.5, 0.6) is 0 Å². The Morgan fingerprint density at radius 1 is 1.50 bits per heavy atom. The zero-order valence-corrected chi connectivity index (χ0v) is 13.1. The molecule has 7 heteroatoms. The zero-order chi connectivity index (χ0) is 17.3. The number of hydrogen-bond donors (Lipinski definition) is 2. The van der Waals surface area contributed by atoms with Gasteiger partial charge in [0.2, 0.25) is 5.91 Å². The van der Waals surface area contributed by atoms with Crippen molar-refractivity contribution in [2.75, 3.05) is 19.6 Å². The van der Waals surface area contributed by atoms with Gasteiger partial charge in [-0.05, 0) is 37.5 Å². The number of halogens is 1. The number of rotatable bonds is 1. The van der Waals surface area contributed by atoms with Crippen LogP contribution in [0, 0.1) is 22.6 Å². The second kappa shape index (κ2) is 6.21. The van der Waals surface area contributed by atoms with E-state index in [1.807, 2.05) is 6.07 Å². The number of nitrogens with zero attached hydrogens (tertiary/aromatic N) is 2. The molecule has 2 saturated heterocycles. The van der Waals surface area contributed by atoms with Crippen molar-refractivity contribution in [3.05, 3.63) is 35.1 Å². The molecule has 0 aromatic heterocycles. The molecule has 0 bridgehead atoms. The average molecular weight is 331 g/mol. The molecule has 2 heterocycles. The Balaban J connectivity index is 1.86. The standard InChI is InChI=1S/C17H18FN3O3/c18-13-8-11(9-19)2-3-12(13)15(23)21-7-4-14(22)17(10-21)5-1-6-20-16(17)24/h2-3,8,14,22H,1,4-7,10H2,(H,20,24)/t14-,17-/m1/s1. The molecular formula is C17H18FN3O3. The van der Waals surface area contributed by atoms with Gasteiger partial charge < -0.3 is 15.3 Å². The Morgan fingerprint density at radius 3 is 2.96 bits per heavy atom. The third kappa shape index (κ3) is 2.63. The van der Waals surface area contributed by atoms with Crippen LogP contribution in [0.3, 0.4) is 0 Å². The van der Waals surface area contributed by atoms with Gasteiger partial charge in [-0.1, -0.05) is 0 Å². The van der Waals surface area contributed by atoms with Crippen LogP contribution in [0.4, 0.5) is 4.39 Å². The van der Waals surface area contributed by atoms with Gasteiger partial charge in [0, 0.05) is 19.6 Å². The fourth-order valence-electron chi connectivity index (χ4n) is 3.55. The zero-order valence-electron chi connectivity index (χ0n) is 13.1. The number of carbonyl (C=O) groups is 2. The first kappa shape index (κ1) is 16.4. The highest BCUT2D eigenvalue weighted by Crippen LogP contribution is 2.37. The van der Waals surface area contributed by atoms with Crippen LogP contribution in [0.25, 0.3) is 0 Å². The van der Waals surface area contributed by atoms with Crippen LogP contribution < -0.4 is 5.32 Å². The summed E-state index contributed by atoms with van der Waals surface area (Å²) < 4.78 is 14.1. The lowest BCUT2D eigenvalue weighted by Gasteiger charge is -2.46. The molecule has 0 radical (unpaired) electrons. The van der Waals surface area contributed by atoms with Crippen LogP contribution >= 0.6 is 0 Å². The van der Waals surface area contributed by atoms with Gasteiger partial charge in [-0.15, -0.1) is 0 Å². The van der Waals surface area contributed by atoms with Crippen molar-refractivity contribution in [3.63, 3.8) is 0 Å². The molecule has 0 unspecified atom stereocenters. The predicted octanol–water partition coefficient (Wildman–Crippen LogP) is 0.801. The molecule has 24 heavy (non-hydrogen) atoms. The molecule has 0 aliphatic carbocycles. The quantitative estimate of drug-likeness (QED) is 0.796. The first-order chi connectivity index (χ1) is 11.5. The molecule has 2 aliphatic heterocycles. The van der Waals surface area contributed by atoms with E-state index in [-0.39, 0.29) is 36.5 Å². The van der Waals surface area contributed by atoms with Gasteiger partial charge in [0.15, 0.2) is 0 Å². The molecule has 2 N–H and O–H groups in total. The number of nitriles is 1. The highest BCUT2D eigenvalue weighted by Gasteiger charge is 2.50. The lowest BCUT2D eigenvalue weighted by Crippen LogP contribution is -2.62. The Labute approximate surface area is 138 Å². The van der Waals surface area contributed by atoms with E-state index in [2.05, 4.69) is 5.32 Å². The van der Waals surface area contributed by atoms with Crippen LogP contribution in [0.1, 0.15) is 35.2 Å². The second-order valence-corrected chi connectivity index (χ2v) is 6.35. The normalized spacial score (nSPS) is 26.8. The molecule has 3 rings (SSSR count). The van der Waals surface area contributed by atoms with Crippen LogP contribution in [0.15, 0.2) is 18.2 Å². The van der Waals surface area contributed by atoms with E-state index >= 15 is 0 Å². The maximum atomic E-state index is 14.1. The molecule has 1 aromatic rings.